The minimum Gasteiger partial charge on any atom is -0.481 e. The van der Waals surface area contributed by atoms with Crippen LogP contribution in [0.15, 0.2) is 17.5 Å². The molecule has 46 heteroatoms. The van der Waals surface area contributed by atoms with E-state index in [0.717, 1.165) is 43.2 Å². The Hall–Kier alpha value is -9.70. The average molecular weight is 1600 g/mol. The Kier molecular flexibility index (Phi) is 40.4. The van der Waals surface area contributed by atoms with E-state index in [-0.39, 0.29) is 67.6 Å². The number of H-pyrrole nitrogens is 1. The molecule has 2 aliphatic heterocycles. The van der Waals surface area contributed by atoms with E-state index in [9.17, 15) is 91.4 Å². The number of aliphatic carboxylic acids is 1. The number of carbonyl (C=O) groups excluding carboxylic acids is 17. The summed E-state index contributed by atoms with van der Waals surface area (Å²) in [6.07, 6.45) is -0.266. The summed E-state index contributed by atoms with van der Waals surface area (Å²) in [4.78, 5) is 259. The number of primary amides is 2. The molecule has 2 fully saturated rings. The van der Waals surface area contributed by atoms with Crippen molar-refractivity contribution in [3.63, 3.8) is 0 Å². The number of nitrogens with one attached hydrogen (secondary N) is 16. The second kappa shape index (κ2) is 47.2. The number of guanidine groups is 1. The van der Waals surface area contributed by atoms with E-state index < -0.39 is 247 Å². The molecule has 0 aromatic carbocycles. The Balaban J connectivity index is 2.30. The number of imidazole rings is 1. The Morgan fingerprint density at radius 3 is 1.54 bits per heavy atom. The van der Waals surface area contributed by atoms with Gasteiger partial charge in [0.05, 0.1) is 19.4 Å². The van der Waals surface area contributed by atoms with Gasteiger partial charge in [-0.3, -0.25) is 91.3 Å². The number of aromatic nitrogens is 2. The van der Waals surface area contributed by atoms with Gasteiger partial charge in [-0.15, -0.1) is 0 Å². The molecule has 0 aliphatic carbocycles. The largest absolute Gasteiger partial charge is 0.481 e. The normalized spacial score (nSPS) is 26.8. The number of carboxylic acid groups (broad SMARTS) is 1. The minimum absolute atomic E-state index is 0.0315. The average Bonchev–Trinajstić information content (AvgIpc) is 1.17. The van der Waals surface area contributed by atoms with Crippen LogP contribution < -0.4 is 108 Å². The van der Waals surface area contributed by atoms with Gasteiger partial charge in [-0.05, 0) is 71.6 Å². The summed E-state index contributed by atoms with van der Waals surface area (Å²) in [5.74, 6) is -21.4. The number of hydrogen-bond donors (Lipinski definition) is 22. The van der Waals surface area contributed by atoms with E-state index in [1.807, 2.05) is 0 Å². The quantitative estimate of drug-likeness (QED) is 0.0265. The van der Waals surface area contributed by atoms with Crippen molar-refractivity contribution in [2.24, 2.45) is 45.5 Å². The van der Waals surface area contributed by atoms with Gasteiger partial charge in [0.2, 0.25) is 100 Å². The van der Waals surface area contributed by atoms with Gasteiger partial charge in [0, 0.05) is 60.7 Å². The van der Waals surface area contributed by atoms with E-state index >= 15 is 0 Å². The van der Waals surface area contributed by atoms with Crippen molar-refractivity contribution in [1.29, 1.82) is 0 Å². The van der Waals surface area contributed by atoms with Gasteiger partial charge in [-0.1, -0.05) is 77.3 Å². The van der Waals surface area contributed by atoms with Crippen molar-refractivity contribution in [2.75, 3.05) is 42.6 Å². The van der Waals surface area contributed by atoms with Crippen LogP contribution in [-0.4, -0.2) is 255 Å². The van der Waals surface area contributed by atoms with Crippen molar-refractivity contribution in [3.05, 3.63) is 18.2 Å². The number of hydrogen-bond acceptors (Lipinski definition) is 25. The van der Waals surface area contributed by atoms with Crippen molar-refractivity contribution in [3.8, 4) is 0 Å². The van der Waals surface area contributed by atoms with Gasteiger partial charge in [-0.2, -0.15) is 0 Å². The molecule has 15 atom stereocenters. The molecule has 3 heterocycles. The van der Waals surface area contributed by atoms with Crippen molar-refractivity contribution < 1.29 is 91.4 Å². The molecular formula is C62H101N23O19S4. The third-order valence-corrected chi connectivity index (χ3v) is 21.1. The molecular weight excluding hydrogens is 1500 g/mol. The standard InChI is InChI=1S/C62H101N23O19S4/c1-9-28(4)47-61(104)81-38(18-33-20-68-26-71-33)57(100)79-35(12-14-43(64)86)54(97)78-36(13-15-46(89)90)55(98)80-37(17-27(2)3)56(99)82-39(48(65)91)22-105-107-25-42-59(102)75-32(8)51(94)77-34(11-10-16-69-62(66)67)53(96)74-30(6)50(93)72-31(7)52(95)83-41(58(101)73-29(5)49(92)70-21-45(88)85-47)24-108-106-23-40(60(103)84-42)76-44(87)19-63/h20,26-32,34-42,47H,9-19,21-25,63H2,1-8H3,(H2,64,86)(H2,65,91)(H,68,71)(H,70,92)(H,72,93)(H,73,101)(H,74,96)(H,75,102)(H,76,87)(H,77,94)(H,78,97)(H,79,100)(H,80,98)(H,81,104)(H,82,99)(H,83,95)(H,84,103)(H,85,88)(H,89,90)(H4,66,67,69)/t28-,29-,30-,31-,32-,34-,35-,36-,37-,38-,39-,40-,41-,42-,47-/m0/s1. The highest BCUT2D eigenvalue weighted by atomic mass is 33.1. The molecule has 0 spiro atoms. The van der Waals surface area contributed by atoms with Crippen LogP contribution in [0.3, 0.4) is 0 Å². The predicted molar refractivity (Wildman–Crippen MR) is 397 cm³/mol. The summed E-state index contributed by atoms with van der Waals surface area (Å²) in [6, 6.07) is -21.8. The number of amides is 17. The molecule has 0 saturated carbocycles. The lowest BCUT2D eigenvalue weighted by Crippen LogP contribution is -2.61. The van der Waals surface area contributed by atoms with E-state index in [0.29, 0.717) is 0 Å². The zero-order chi connectivity index (χ0) is 81.1. The van der Waals surface area contributed by atoms with Crippen LogP contribution in [-0.2, 0) is 92.7 Å². The van der Waals surface area contributed by atoms with E-state index in [4.69, 9.17) is 28.7 Å². The van der Waals surface area contributed by atoms with Crippen molar-refractivity contribution in [2.45, 2.75) is 198 Å². The molecule has 17 amide bonds. The van der Waals surface area contributed by atoms with Crippen LogP contribution in [0.25, 0.3) is 0 Å². The fourth-order valence-electron chi connectivity index (χ4n) is 9.86. The van der Waals surface area contributed by atoms with Gasteiger partial charge in [0.15, 0.2) is 5.96 Å². The number of aliphatic imine (C=N–C) groups is 1. The highest BCUT2D eigenvalue weighted by molar-refractivity contribution is 8.77. The van der Waals surface area contributed by atoms with Gasteiger partial charge < -0.3 is 119 Å². The molecule has 0 radical (unpaired) electrons. The molecule has 1 aromatic rings. The second-order valence-corrected chi connectivity index (χ2v) is 30.8. The topological polar surface area (TPSA) is 679 Å². The molecule has 2 bridgehead atoms. The highest BCUT2D eigenvalue weighted by Gasteiger charge is 2.38. The molecule has 3 rings (SSSR count). The summed E-state index contributed by atoms with van der Waals surface area (Å²) in [5, 5.41) is 46.9. The maximum atomic E-state index is 14.5. The second-order valence-electron chi connectivity index (χ2n) is 25.7. The number of rotatable bonds is 19. The SMILES string of the molecule is CC[C@H](C)[C@@H]1NC(=O)CNC(=O)[C@H](C)NC(=O)[C@@H]2CSSC[C@H](NC(=O)CN)C(=O)N[C@@H](CSSC[C@@H](C(N)=O)NC(=O)[C@H](CC(C)C)NC(=O)[C@H](CCC(=O)O)NC(=O)[C@H](CCC(N)=O)NC(=O)[C@H](Cc3cnc[nH]3)NC1=O)C(=O)N[C@@H](C)C(=O)N[C@@H](CCCN=C(N)N)C(=O)N[C@@H](C)C(=O)N[C@@H](C)C(=O)N2. The summed E-state index contributed by atoms with van der Waals surface area (Å²) in [6.45, 7) is 10.0. The van der Waals surface area contributed by atoms with Gasteiger partial charge in [-0.25, -0.2) is 4.98 Å². The maximum absolute atomic E-state index is 14.5. The maximum Gasteiger partial charge on any atom is 0.303 e. The van der Waals surface area contributed by atoms with Crippen LogP contribution in [0.2, 0.25) is 0 Å². The fraction of sp³-hybridized carbons (Fsp3) is 0.645. The molecule has 42 nitrogen and oxygen atoms in total. The molecule has 0 unspecified atom stereocenters. The van der Waals surface area contributed by atoms with Crippen LogP contribution in [0, 0.1) is 11.8 Å². The number of nitrogens with zero attached hydrogens (tertiary/aromatic N) is 2. The lowest BCUT2D eigenvalue weighted by Gasteiger charge is -2.28. The van der Waals surface area contributed by atoms with Crippen LogP contribution in [0.4, 0.5) is 0 Å². The van der Waals surface area contributed by atoms with E-state index in [1.54, 1.807) is 27.7 Å². The van der Waals surface area contributed by atoms with Crippen LogP contribution in [0.5, 0.6) is 0 Å². The van der Waals surface area contributed by atoms with Crippen LogP contribution in [0.1, 0.15) is 112 Å². The third kappa shape index (κ3) is 33.6. The summed E-state index contributed by atoms with van der Waals surface area (Å²) in [7, 11) is 3.37. The summed E-state index contributed by atoms with van der Waals surface area (Å²) >= 11 is 0. The number of carbonyl (C=O) groups is 18. The van der Waals surface area contributed by atoms with Crippen molar-refractivity contribution >= 4 is 156 Å². The summed E-state index contributed by atoms with van der Waals surface area (Å²) < 4.78 is 0. The number of fused-ring (bicyclic) bond motifs is 8. The zero-order valence-electron chi connectivity index (χ0n) is 60.9. The predicted octanol–water partition coefficient (Wildman–Crippen LogP) is -8.55. The van der Waals surface area contributed by atoms with E-state index in [1.165, 1.54) is 40.2 Å². The fourth-order valence-corrected chi connectivity index (χ4v) is 14.5. The first kappa shape index (κ1) is 92.5. The molecule has 1 aromatic heterocycles. The summed E-state index contributed by atoms with van der Waals surface area (Å²) in [5.41, 5.74) is 28.2. The number of carboxylic acids is 1. The van der Waals surface area contributed by atoms with Crippen LogP contribution >= 0.6 is 43.2 Å². The zero-order valence-corrected chi connectivity index (χ0v) is 64.2. The first-order valence-corrected chi connectivity index (χ1v) is 39.3. The molecule has 27 N–H and O–H groups in total. The first-order valence-electron chi connectivity index (χ1n) is 34.4. The van der Waals surface area contributed by atoms with Crippen molar-refractivity contribution in [1.82, 2.24) is 89.7 Å². The van der Waals surface area contributed by atoms with Gasteiger partial charge in [0.1, 0.15) is 84.6 Å². The van der Waals surface area contributed by atoms with Gasteiger partial charge >= 0.3 is 5.97 Å². The minimum atomic E-state index is -1.80. The molecule has 2 aliphatic rings. The Bertz CT molecular complexity index is 3390. The molecule has 602 valence electrons. The monoisotopic (exact) mass is 1600 g/mol. The molecule has 108 heavy (non-hydrogen) atoms. The van der Waals surface area contributed by atoms with Gasteiger partial charge in [0.25, 0.3) is 0 Å². The Morgan fingerprint density at radius 2 is 1.01 bits per heavy atom. The first-order chi connectivity index (χ1) is 50.8. The smallest absolute Gasteiger partial charge is 0.303 e. The van der Waals surface area contributed by atoms with E-state index in [2.05, 4.69) is 94.7 Å². The Morgan fingerprint density at radius 1 is 0.546 bits per heavy atom. The highest BCUT2D eigenvalue weighted by Crippen LogP contribution is 2.26. The lowest BCUT2D eigenvalue weighted by atomic mass is 9.97. The third-order valence-electron chi connectivity index (χ3n) is 16.2. The number of nitrogens with two attached hydrogens (primary N) is 5. The lowest BCUT2D eigenvalue weighted by molar-refractivity contribution is -0.139. The Labute approximate surface area is 637 Å². The molecule has 2 saturated heterocycles. The number of aromatic amines is 1.